The minimum Gasteiger partial charge on any atom is -0.397 e. The summed E-state index contributed by atoms with van der Waals surface area (Å²) < 4.78 is 13.2. The molecular formula is C15H20FN3O2. The van der Waals surface area contributed by atoms with Gasteiger partial charge in [-0.3, -0.25) is 9.69 Å². The molecule has 3 atom stereocenters. The molecule has 3 rings (SSSR count). The molecule has 1 aromatic carbocycles. The number of aliphatic hydroxyl groups excluding tert-OH is 1. The van der Waals surface area contributed by atoms with Crippen molar-refractivity contribution in [1.82, 2.24) is 4.90 Å². The van der Waals surface area contributed by atoms with E-state index in [-0.39, 0.29) is 24.5 Å². The Balaban J connectivity index is 1.57. The number of halogens is 1. The molecule has 1 saturated carbocycles. The largest absolute Gasteiger partial charge is 0.397 e. The summed E-state index contributed by atoms with van der Waals surface area (Å²) in [7, 11) is 0. The first-order chi connectivity index (χ1) is 10.0. The van der Waals surface area contributed by atoms with E-state index in [1.165, 1.54) is 18.2 Å². The third-order valence-electron chi connectivity index (χ3n) is 4.55. The Morgan fingerprint density at radius 1 is 1.43 bits per heavy atom. The standard InChI is InChI=1S/C15H20FN3O2/c16-10-2-3-12(17)13(5-10)18-15(21)8-19-6-9-1-4-14(20)11(9)7-19/h2-3,5,9,11,14,20H,1,4,6-8,17H2,(H,18,21). The molecule has 0 spiro atoms. The Morgan fingerprint density at radius 3 is 3.00 bits per heavy atom. The van der Waals surface area contributed by atoms with Crippen molar-refractivity contribution in [1.29, 1.82) is 0 Å². The number of nitrogens with two attached hydrogens (primary N) is 1. The highest BCUT2D eigenvalue weighted by Gasteiger charge is 2.42. The first kappa shape index (κ1) is 14.3. The topological polar surface area (TPSA) is 78.6 Å². The maximum atomic E-state index is 13.2. The fraction of sp³-hybridized carbons (Fsp3) is 0.533. The van der Waals surface area contributed by atoms with Crippen LogP contribution in [0.5, 0.6) is 0 Å². The average Bonchev–Trinajstić information content (AvgIpc) is 2.96. The first-order valence-electron chi connectivity index (χ1n) is 7.28. The van der Waals surface area contributed by atoms with Crippen molar-refractivity contribution in [2.45, 2.75) is 18.9 Å². The highest BCUT2D eigenvalue weighted by Crippen LogP contribution is 2.37. The van der Waals surface area contributed by atoms with Crippen molar-refractivity contribution in [3.8, 4) is 0 Å². The number of likely N-dealkylation sites (tertiary alicyclic amines) is 1. The summed E-state index contributed by atoms with van der Waals surface area (Å²) in [5.41, 5.74) is 6.36. The van der Waals surface area contributed by atoms with Crippen LogP contribution in [0.2, 0.25) is 0 Å². The summed E-state index contributed by atoms with van der Waals surface area (Å²) in [5.74, 6) is 0.143. The molecule has 21 heavy (non-hydrogen) atoms. The highest BCUT2D eigenvalue weighted by molar-refractivity contribution is 5.95. The van der Waals surface area contributed by atoms with Crippen molar-refractivity contribution in [3.63, 3.8) is 0 Å². The lowest BCUT2D eigenvalue weighted by Crippen LogP contribution is -2.33. The Bertz CT molecular complexity index is 552. The van der Waals surface area contributed by atoms with Gasteiger partial charge in [0.25, 0.3) is 0 Å². The number of hydrogen-bond donors (Lipinski definition) is 3. The van der Waals surface area contributed by atoms with Crippen LogP contribution in [0.3, 0.4) is 0 Å². The number of anilines is 2. The van der Waals surface area contributed by atoms with E-state index in [1.54, 1.807) is 0 Å². The molecule has 4 N–H and O–H groups in total. The van der Waals surface area contributed by atoms with E-state index in [4.69, 9.17) is 5.73 Å². The van der Waals surface area contributed by atoms with E-state index in [1.807, 2.05) is 4.90 Å². The number of hydrogen-bond acceptors (Lipinski definition) is 4. The van der Waals surface area contributed by atoms with Gasteiger partial charge in [-0.1, -0.05) is 0 Å². The number of nitrogens with zero attached hydrogens (tertiary/aromatic N) is 1. The molecule has 5 nitrogen and oxygen atoms in total. The SMILES string of the molecule is Nc1ccc(F)cc1NC(=O)CN1CC2CCC(O)C2C1. The maximum Gasteiger partial charge on any atom is 0.238 e. The quantitative estimate of drug-likeness (QED) is 0.728. The Hall–Kier alpha value is -1.66. The van der Waals surface area contributed by atoms with Crippen LogP contribution >= 0.6 is 0 Å². The van der Waals surface area contributed by atoms with Crippen LogP contribution in [0.1, 0.15) is 12.8 Å². The van der Waals surface area contributed by atoms with Crippen molar-refractivity contribution in [3.05, 3.63) is 24.0 Å². The zero-order valence-electron chi connectivity index (χ0n) is 11.8. The van der Waals surface area contributed by atoms with Crippen LogP contribution in [0.25, 0.3) is 0 Å². The molecule has 1 saturated heterocycles. The number of carbonyl (C=O) groups excluding carboxylic acids is 1. The van der Waals surface area contributed by atoms with E-state index in [0.29, 0.717) is 17.3 Å². The minimum atomic E-state index is -0.432. The summed E-state index contributed by atoms with van der Waals surface area (Å²) in [5, 5.41) is 12.5. The van der Waals surface area contributed by atoms with Crippen molar-refractivity contribution in [2.24, 2.45) is 11.8 Å². The van der Waals surface area contributed by atoms with Gasteiger partial charge in [0, 0.05) is 19.0 Å². The van der Waals surface area contributed by atoms with Gasteiger partial charge in [0.1, 0.15) is 5.82 Å². The minimum absolute atomic E-state index is 0.207. The number of nitrogen functional groups attached to an aromatic ring is 1. The summed E-state index contributed by atoms with van der Waals surface area (Å²) in [4.78, 5) is 14.1. The van der Waals surface area contributed by atoms with Gasteiger partial charge in [-0.15, -0.1) is 0 Å². The number of carbonyl (C=O) groups is 1. The second kappa shape index (κ2) is 5.61. The predicted molar refractivity (Wildman–Crippen MR) is 78.1 cm³/mol. The van der Waals surface area contributed by atoms with E-state index < -0.39 is 5.82 Å². The van der Waals surface area contributed by atoms with Crippen molar-refractivity contribution < 1.29 is 14.3 Å². The molecule has 114 valence electrons. The van der Waals surface area contributed by atoms with E-state index in [9.17, 15) is 14.3 Å². The van der Waals surface area contributed by atoms with Crippen LogP contribution in [0.15, 0.2) is 18.2 Å². The maximum absolute atomic E-state index is 13.2. The lowest BCUT2D eigenvalue weighted by atomic mass is 10.00. The third-order valence-corrected chi connectivity index (χ3v) is 4.55. The smallest absolute Gasteiger partial charge is 0.238 e. The average molecular weight is 293 g/mol. The molecule has 2 aliphatic rings. The fourth-order valence-corrected chi connectivity index (χ4v) is 3.49. The van der Waals surface area contributed by atoms with Gasteiger partial charge in [0.15, 0.2) is 0 Å². The van der Waals surface area contributed by atoms with E-state index >= 15 is 0 Å². The predicted octanol–water partition coefficient (Wildman–Crippen LogP) is 1.05. The Morgan fingerprint density at radius 2 is 2.24 bits per heavy atom. The molecule has 1 heterocycles. The van der Waals surface area contributed by atoms with Crippen LogP contribution in [-0.2, 0) is 4.79 Å². The molecule has 0 radical (unpaired) electrons. The molecule has 1 aliphatic carbocycles. The first-order valence-corrected chi connectivity index (χ1v) is 7.28. The zero-order chi connectivity index (χ0) is 15.0. The number of aliphatic hydroxyl groups is 1. The normalized spacial score (nSPS) is 28.6. The lowest BCUT2D eigenvalue weighted by molar-refractivity contribution is -0.117. The molecule has 0 aromatic heterocycles. The zero-order valence-corrected chi connectivity index (χ0v) is 11.8. The molecule has 1 aliphatic heterocycles. The summed E-state index contributed by atoms with van der Waals surface area (Å²) in [6, 6.07) is 3.91. The molecule has 3 unspecified atom stereocenters. The van der Waals surface area contributed by atoms with Crippen LogP contribution < -0.4 is 11.1 Å². The van der Waals surface area contributed by atoms with Gasteiger partial charge in [-0.25, -0.2) is 4.39 Å². The number of nitrogens with one attached hydrogen (secondary N) is 1. The van der Waals surface area contributed by atoms with Gasteiger partial charge in [0.05, 0.1) is 24.0 Å². The lowest BCUT2D eigenvalue weighted by Gasteiger charge is -2.17. The molecule has 2 fully saturated rings. The number of rotatable bonds is 3. The van der Waals surface area contributed by atoms with Crippen molar-refractivity contribution in [2.75, 3.05) is 30.7 Å². The number of amides is 1. The molecule has 6 heteroatoms. The van der Waals surface area contributed by atoms with Gasteiger partial charge in [0.2, 0.25) is 5.91 Å². The Kier molecular flexibility index (Phi) is 3.82. The Labute approximate surface area is 122 Å². The summed E-state index contributed by atoms with van der Waals surface area (Å²) in [6.07, 6.45) is 1.66. The molecule has 1 amide bonds. The summed E-state index contributed by atoms with van der Waals surface area (Å²) in [6.45, 7) is 1.83. The van der Waals surface area contributed by atoms with Crippen LogP contribution in [-0.4, -0.2) is 41.7 Å². The van der Waals surface area contributed by atoms with Crippen molar-refractivity contribution >= 4 is 17.3 Å². The van der Waals surface area contributed by atoms with Gasteiger partial charge in [-0.05, 0) is 37.0 Å². The second-order valence-electron chi connectivity index (χ2n) is 6.04. The fourth-order valence-electron chi connectivity index (χ4n) is 3.49. The number of benzene rings is 1. The van der Waals surface area contributed by atoms with Gasteiger partial charge < -0.3 is 16.2 Å². The van der Waals surface area contributed by atoms with Gasteiger partial charge in [-0.2, -0.15) is 0 Å². The summed E-state index contributed by atoms with van der Waals surface area (Å²) >= 11 is 0. The van der Waals surface area contributed by atoms with Gasteiger partial charge >= 0.3 is 0 Å². The monoisotopic (exact) mass is 293 g/mol. The number of fused-ring (bicyclic) bond motifs is 1. The second-order valence-corrected chi connectivity index (χ2v) is 6.04. The van der Waals surface area contributed by atoms with E-state index in [2.05, 4.69) is 5.32 Å². The highest BCUT2D eigenvalue weighted by atomic mass is 19.1. The van der Waals surface area contributed by atoms with Crippen LogP contribution in [0, 0.1) is 17.7 Å². The molecular weight excluding hydrogens is 273 g/mol. The van der Waals surface area contributed by atoms with Crippen LogP contribution in [0.4, 0.5) is 15.8 Å². The third kappa shape index (κ3) is 3.01. The van der Waals surface area contributed by atoms with E-state index in [0.717, 1.165) is 25.9 Å². The molecule has 0 bridgehead atoms. The molecule has 1 aromatic rings.